The van der Waals surface area contributed by atoms with E-state index in [-0.39, 0.29) is 5.38 Å². The fourth-order valence-corrected chi connectivity index (χ4v) is 4.83. The van der Waals surface area contributed by atoms with Gasteiger partial charge in [0, 0.05) is 5.56 Å². The van der Waals surface area contributed by atoms with E-state index in [1.54, 1.807) is 0 Å². The number of thiophene rings is 1. The van der Waals surface area contributed by atoms with E-state index in [1.807, 2.05) is 6.07 Å². The highest BCUT2D eigenvalue weighted by Crippen LogP contribution is 2.44. The first-order valence-corrected chi connectivity index (χ1v) is 8.31. The van der Waals surface area contributed by atoms with E-state index in [4.69, 9.17) is 34.8 Å². The molecule has 1 aromatic carbocycles. The van der Waals surface area contributed by atoms with Gasteiger partial charge in [0.2, 0.25) is 0 Å². The molecule has 1 aromatic heterocycles. The zero-order valence-corrected chi connectivity index (χ0v) is 13.3. The van der Waals surface area contributed by atoms with E-state index < -0.39 is 0 Å². The van der Waals surface area contributed by atoms with E-state index >= 15 is 0 Å². The predicted molar refractivity (Wildman–Crippen MR) is 84.9 cm³/mol. The summed E-state index contributed by atoms with van der Waals surface area (Å²) in [4.78, 5) is 0. The fourth-order valence-electron chi connectivity index (χ4n) is 2.77. The van der Waals surface area contributed by atoms with E-state index in [9.17, 15) is 0 Å². The maximum Gasteiger partial charge on any atom is 0.0991 e. The van der Waals surface area contributed by atoms with E-state index in [2.05, 4.69) is 24.3 Å². The fraction of sp³-hybridized carbons (Fsp3) is 0.333. The van der Waals surface area contributed by atoms with E-state index in [0.29, 0.717) is 10.3 Å². The first-order chi connectivity index (χ1) is 9.15. The Bertz CT molecular complexity index is 591. The van der Waals surface area contributed by atoms with Gasteiger partial charge in [-0.25, -0.2) is 0 Å². The lowest BCUT2D eigenvalue weighted by molar-refractivity contribution is 0.444. The molecule has 1 aliphatic carbocycles. The summed E-state index contributed by atoms with van der Waals surface area (Å²) < 4.78 is 1.44. The highest BCUT2D eigenvalue weighted by atomic mass is 35.5. The van der Waals surface area contributed by atoms with Gasteiger partial charge in [-0.05, 0) is 42.4 Å². The smallest absolute Gasteiger partial charge is 0.0991 e. The molecule has 1 aliphatic rings. The third kappa shape index (κ3) is 2.80. The number of halogens is 3. The van der Waals surface area contributed by atoms with Crippen molar-refractivity contribution in [1.82, 2.24) is 0 Å². The van der Waals surface area contributed by atoms with Gasteiger partial charge in [-0.1, -0.05) is 47.5 Å². The molecule has 0 nitrogen and oxygen atoms in total. The predicted octanol–water partition coefficient (Wildman–Crippen LogP) is 6.14. The second kappa shape index (κ2) is 5.65. The monoisotopic (exact) mass is 330 g/mol. The van der Waals surface area contributed by atoms with Gasteiger partial charge in [-0.3, -0.25) is 0 Å². The Morgan fingerprint density at radius 1 is 1.16 bits per heavy atom. The van der Waals surface area contributed by atoms with Crippen molar-refractivity contribution in [3.63, 3.8) is 0 Å². The molecule has 0 amide bonds. The molecular weight excluding hydrogens is 319 g/mol. The molecule has 2 aromatic rings. The number of aryl methyl sites for hydroxylation is 1. The molecule has 100 valence electrons. The van der Waals surface area contributed by atoms with Crippen LogP contribution in [0.3, 0.4) is 0 Å². The van der Waals surface area contributed by atoms with Crippen LogP contribution in [0.15, 0.2) is 30.3 Å². The minimum absolute atomic E-state index is 0.0513. The minimum atomic E-state index is -0.0513. The molecule has 0 radical (unpaired) electrons. The SMILES string of the molecule is Clc1cc(C(Cl)C2CCc3ccccc3C2)c(Cl)s1. The largest absolute Gasteiger partial charge is 0.117 e. The van der Waals surface area contributed by atoms with Gasteiger partial charge in [0.15, 0.2) is 0 Å². The van der Waals surface area contributed by atoms with Crippen molar-refractivity contribution in [2.75, 3.05) is 0 Å². The molecule has 0 bridgehead atoms. The number of alkyl halides is 1. The molecule has 0 aliphatic heterocycles. The summed E-state index contributed by atoms with van der Waals surface area (Å²) in [5, 5.41) is -0.0513. The molecular formula is C15H13Cl3S. The molecule has 19 heavy (non-hydrogen) atoms. The van der Waals surface area contributed by atoms with E-state index in [1.165, 1.54) is 22.5 Å². The first kappa shape index (κ1) is 13.8. The lowest BCUT2D eigenvalue weighted by Crippen LogP contribution is -2.18. The van der Waals surface area contributed by atoms with Crippen molar-refractivity contribution >= 4 is 46.1 Å². The van der Waals surface area contributed by atoms with Crippen molar-refractivity contribution in [2.24, 2.45) is 5.92 Å². The zero-order chi connectivity index (χ0) is 13.4. The van der Waals surface area contributed by atoms with Crippen LogP contribution in [0.5, 0.6) is 0 Å². The van der Waals surface area contributed by atoms with Crippen molar-refractivity contribution in [3.8, 4) is 0 Å². The number of rotatable bonds is 2. The van der Waals surface area contributed by atoms with Crippen molar-refractivity contribution < 1.29 is 0 Å². The summed E-state index contributed by atoms with van der Waals surface area (Å²) in [6.07, 6.45) is 3.22. The molecule has 1 heterocycles. The maximum atomic E-state index is 6.63. The molecule has 3 rings (SSSR count). The Balaban J connectivity index is 1.83. The molecule has 2 atom stereocenters. The van der Waals surface area contributed by atoms with Crippen LogP contribution in [0.25, 0.3) is 0 Å². The average molecular weight is 332 g/mol. The molecule has 0 saturated heterocycles. The third-order valence-corrected chi connectivity index (χ3v) is 5.89. The molecule has 4 heteroatoms. The van der Waals surface area contributed by atoms with Gasteiger partial charge < -0.3 is 0 Å². The van der Waals surface area contributed by atoms with Crippen LogP contribution in [-0.2, 0) is 12.8 Å². The topological polar surface area (TPSA) is 0 Å². The summed E-state index contributed by atoms with van der Waals surface area (Å²) in [5.41, 5.74) is 3.86. The number of hydrogen-bond acceptors (Lipinski definition) is 1. The van der Waals surface area contributed by atoms with Crippen LogP contribution >= 0.6 is 46.1 Å². The van der Waals surface area contributed by atoms with Crippen molar-refractivity contribution in [3.05, 3.63) is 55.7 Å². The quantitative estimate of drug-likeness (QED) is 0.580. The van der Waals surface area contributed by atoms with Crippen LogP contribution in [0.1, 0.15) is 28.5 Å². The Morgan fingerprint density at radius 3 is 2.58 bits per heavy atom. The van der Waals surface area contributed by atoms with Gasteiger partial charge in [-0.15, -0.1) is 22.9 Å². The molecule has 0 saturated carbocycles. The zero-order valence-electron chi connectivity index (χ0n) is 10.2. The van der Waals surface area contributed by atoms with Gasteiger partial charge >= 0.3 is 0 Å². The number of fused-ring (bicyclic) bond motifs is 1. The Labute approximate surface area is 132 Å². The number of benzene rings is 1. The van der Waals surface area contributed by atoms with Crippen LogP contribution in [0.4, 0.5) is 0 Å². The van der Waals surface area contributed by atoms with Gasteiger partial charge in [0.05, 0.1) is 14.0 Å². The maximum absolute atomic E-state index is 6.63. The summed E-state index contributed by atoms with van der Waals surface area (Å²) in [6, 6.07) is 10.5. The highest BCUT2D eigenvalue weighted by molar-refractivity contribution is 7.20. The Hall–Kier alpha value is -0.210. The normalized spacial score (nSPS) is 20.1. The van der Waals surface area contributed by atoms with E-state index in [0.717, 1.165) is 29.2 Å². The summed E-state index contributed by atoms with van der Waals surface area (Å²) >= 11 is 20.2. The third-order valence-electron chi connectivity index (χ3n) is 3.78. The van der Waals surface area contributed by atoms with Gasteiger partial charge in [-0.2, -0.15) is 0 Å². The number of hydrogen-bond donors (Lipinski definition) is 0. The summed E-state index contributed by atoms with van der Waals surface area (Å²) in [5.74, 6) is 0.430. The lowest BCUT2D eigenvalue weighted by Gasteiger charge is -2.28. The van der Waals surface area contributed by atoms with Crippen LogP contribution in [0.2, 0.25) is 8.67 Å². The lowest BCUT2D eigenvalue weighted by atomic mass is 9.81. The Kier molecular flexibility index (Phi) is 4.09. The Morgan fingerprint density at radius 2 is 1.89 bits per heavy atom. The van der Waals surface area contributed by atoms with Crippen molar-refractivity contribution in [1.29, 1.82) is 0 Å². The average Bonchev–Trinajstić information content (AvgIpc) is 2.76. The molecule has 2 unspecified atom stereocenters. The van der Waals surface area contributed by atoms with Crippen molar-refractivity contribution in [2.45, 2.75) is 24.6 Å². The minimum Gasteiger partial charge on any atom is -0.117 e. The summed E-state index contributed by atoms with van der Waals surface area (Å²) in [6.45, 7) is 0. The molecule has 0 spiro atoms. The van der Waals surface area contributed by atoms with Crippen LogP contribution < -0.4 is 0 Å². The van der Waals surface area contributed by atoms with Crippen LogP contribution in [-0.4, -0.2) is 0 Å². The van der Waals surface area contributed by atoms with Crippen LogP contribution in [0, 0.1) is 5.92 Å². The first-order valence-electron chi connectivity index (χ1n) is 6.30. The second-order valence-electron chi connectivity index (χ2n) is 4.95. The second-order valence-corrected chi connectivity index (χ2v) is 7.71. The van der Waals surface area contributed by atoms with Gasteiger partial charge in [0.1, 0.15) is 0 Å². The molecule has 0 N–H and O–H groups in total. The van der Waals surface area contributed by atoms with Gasteiger partial charge in [0.25, 0.3) is 0 Å². The molecule has 0 fully saturated rings. The standard InChI is InChI=1S/C15H13Cl3S/c16-13-8-12(15(18)19-13)14(17)11-6-5-9-3-1-2-4-10(9)7-11/h1-4,8,11,14H,5-7H2. The summed E-state index contributed by atoms with van der Waals surface area (Å²) in [7, 11) is 0. The highest BCUT2D eigenvalue weighted by Gasteiger charge is 2.28.